The van der Waals surface area contributed by atoms with Crippen molar-refractivity contribution < 1.29 is 9.84 Å². The van der Waals surface area contributed by atoms with Crippen molar-refractivity contribution in [1.29, 1.82) is 0 Å². The fraction of sp³-hybridized carbons (Fsp3) is 0.600. The molecule has 0 fully saturated rings. The van der Waals surface area contributed by atoms with Crippen LogP contribution in [-0.2, 0) is 4.74 Å². The normalized spacial score (nSPS) is 14.2. The highest BCUT2D eigenvalue weighted by Crippen LogP contribution is 2.20. The second-order valence-corrected chi connectivity index (χ2v) is 4.83. The molecule has 0 aliphatic heterocycles. The number of nitrogens with one attached hydrogen (secondary N) is 1. The Hall–Kier alpha value is -1.10. The molecular formula is C15H26N2O2. The van der Waals surface area contributed by atoms with E-state index in [4.69, 9.17) is 4.74 Å². The van der Waals surface area contributed by atoms with Gasteiger partial charge in [-0.3, -0.25) is 0 Å². The number of methoxy groups -OCH3 is 1. The van der Waals surface area contributed by atoms with Crippen molar-refractivity contribution in [3.05, 3.63) is 29.8 Å². The summed E-state index contributed by atoms with van der Waals surface area (Å²) < 4.78 is 4.94. The van der Waals surface area contributed by atoms with Gasteiger partial charge in [0.15, 0.2) is 0 Å². The molecule has 19 heavy (non-hydrogen) atoms. The van der Waals surface area contributed by atoms with Gasteiger partial charge in [0.25, 0.3) is 0 Å². The summed E-state index contributed by atoms with van der Waals surface area (Å²) in [5.41, 5.74) is 2.39. The largest absolute Gasteiger partial charge is 0.389 e. The first-order valence-electron chi connectivity index (χ1n) is 6.77. The molecule has 1 aromatic rings. The molecule has 2 N–H and O–H groups in total. The van der Waals surface area contributed by atoms with E-state index in [0.717, 1.165) is 12.1 Å². The van der Waals surface area contributed by atoms with Gasteiger partial charge in [-0.05, 0) is 31.2 Å². The average molecular weight is 266 g/mol. The van der Waals surface area contributed by atoms with E-state index in [2.05, 4.69) is 36.5 Å². The fourth-order valence-electron chi connectivity index (χ4n) is 2.23. The van der Waals surface area contributed by atoms with Crippen LogP contribution in [0.4, 0.5) is 5.69 Å². The van der Waals surface area contributed by atoms with Gasteiger partial charge in [0.1, 0.15) is 0 Å². The molecule has 0 aliphatic rings. The zero-order valence-electron chi connectivity index (χ0n) is 12.4. The van der Waals surface area contributed by atoms with Crippen LogP contribution >= 0.6 is 0 Å². The van der Waals surface area contributed by atoms with E-state index in [9.17, 15) is 5.11 Å². The third-order valence-electron chi connectivity index (χ3n) is 3.34. The van der Waals surface area contributed by atoms with E-state index in [1.54, 1.807) is 7.11 Å². The van der Waals surface area contributed by atoms with Gasteiger partial charge in [0.2, 0.25) is 0 Å². The predicted octanol–water partition coefficient (Wildman–Crippen LogP) is 1.80. The Kier molecular flexibility index (Phi) is 6.84. The molecule has 1 rings (SSSR count). The molecule has 0 aliphatic carbocycles. The Morgan fingerprint density at radius 2 is 1.95 bits per heavy atom. The Labute approximate surface area is 116 Å². The molecule has 0 saturated heterocycles. The van der Waals surface area contributed by atoms with Crippen molar-refractivity contribution in [3.8, 4) is 0 Å². The topological polar surface area (TPSA) is 44.7 Å². The van der Waals surface area contributed by atoms with Crippen LogP contribution in [0.5, 0.6) is 0 Å². The minimum atomic E-state index is -0.463. The van der Waals surface area contributed by atoms with Crippen molar-refractivity contribution in [2.24, 2.45) is 0 Å². The summed E-state index contributed by atoms with van der Waals surface area (Å²) in [5.74, 6) is 0. The number of hydrogen-bond donors (Lipinski definition) is 2. The zero-order valence-corrected chi connectivity index (χ0v) is 12.4. The van der Waals surface area contributed by atoms with Crippen molar-refractivity contribution in [3.63, 3.8) is 0 Å². The molecule has 0 bridgehead atoms. The highest BCUT2D eigenvalue weighted by Gasteiger charge is 2.10. The van der Waals surface area contributed by atoms with Crippen LogP contribution in [-0.4, -0.2) is 45.6 Å². The summed E-state index contributed by atoms with van der Waals surface area (Å²) in [6, 6.07) is 8.86. The minimum Gasteiger partial charge on any atom is -0.389 e. The maximum Gasteiger partial charge on any atom is 0.0947 e. The maximum absolute atomic E-state index is 9.72. The Balaban J connectivity index is 2.64. The monoisotopic (exact) mass is 266 g/mol. The van der Waals surface area contributed by atoms with Crippen LogP contribution in [0, 0.1) is 0 Å². The Morgan fingerprint density at radius 1 is 1.32 bits per heavy atom. The lowest BCUT2D eigenvalue weighted by Gasteiger charge is -2.23. The third-order valence-corrected chi connectivity index (χ3v) is 3.34. The molecule has 1 aromatic carbocycles. The number of ether oxygens (including phenoxy) is 1. The number of aliphatic hydroxyl groups excluding tert-OH is 1. The fourth-order valence-corrected chi connectivity index (χ4v) is 2.23. The van der Waals surface area contributed by atoms with Gasteiger partial charge in [0, 0.05) is 32.4 Å². The molecule has 0 amide bonds. The second-order valence-electron chi connectivity index (χ2n) is 4.83. The van der Waals surface area contributed by atoms with Crippen molar-refractivity contribution in [1.82, 2.24) is 5.32 Å². The molecule has 108 valence electrons. The van der Waals surface area contributed by atoms with E-state index in [0.29, 0.717) is 19.2 Å². The van der Waals surface area contributed by atoms with Crippen molar-refractivity contribution >= 4 is 5.69 Å². The quantitative estimate of drug-likeness (QED) is 0.753. The van der Waals surface area contributed by atoms with Gasteiger partial charge in [0.05, 0.1) is 12.7 Å². The van der Waals surface area contributed by atoms with Crippen LogP contribution in [0.2, 0.25) is 0 Å². The van der Waals surface area contributed by atoms with E-state index in [1.165, 1.54) is 5.56 Å². The van der Waals surface area contributed by atoms with E-state index >= 15 is 0 Å². The summed E-state index contributed by atoms with van der Waals surface area (Å²) in [4.78, 5) is 2.04. The second kappa shape index (κ2) is 8.15. The lowest BCUT2D eigenvalue weighted by Crippen LogP contribution is -2.31. The van der Waals surface area contributed by atoms with Gasteiger partial charge in [-0.2, -0.15) is 0 Å². The SMILES string of the molecule is CCC(NC)c1ccc(N(C)CC(O)COC)cc1. The van der Waals surface area contributed by atoms with Crippen LogP contribution < -0.4 is 10.2 Å². The number of anilines is 1. The summed E-state index contributed by atoms with van der Waals surface area (Å²) in [6.45, 7) is 3.10. The van der Waals surface area contributed by atoms with Crippen LogP contribution in [0.1, 0.15) is 24.9 Å². The molecule has 2 unspecified atom stereocenters. The number of aliphatic hydroxyl groups is 1. The highest BCUT2D eigenvalue weighted by atomic mass is 16.5. The summed E-state index contributed by atoms with van der Waals surface area (Å²) in [5, 5.41) is 13.0. The van der Waals surface area contributed by atoms with Gasteiger partial charge < -0.3 is 20.1 Å². The number of hydrogen-bond acceptors (Lipinski definition) is 4. The summed E-state index contributed by atoms with van der Waals surface area (Å²) >= 11 is 0. The molecule has 2 atom stereocenters. The van der Waals surface area contributed by atoms with Crippen LogP contribution in [0.25, 0.3) is 0 Å². The molecule has 4 heteroatoms. The van der Waals surface area contributed by atoms with Crippen LogP contribution in [0.3, 0.4) is 0 Å². The zero-order chi connectivity index (χ0) is 14.3. The van der Waals surface area contributed by atoms with E-state index in [1.807, 2.05) is 19.0 Å². The highest BCUT2D eigenvalue weighted by molar-refractivity contribution is 5.47. The van der Waals surface area contributed by atoms with Crippen molar-refractivity contribution in [2.45, 2.75) is 25.5 Å². The Bertz CT molecular complexity index is 350. The van der Waals surface area contributed by atoms with E-state index < -0.39 is 6.10 Å². The van der Waals surface area contributed by atoms with Gasteiger partial charge in [-0.1, -0.05) is 19.1 Å². The standard InChI is InChI=1S/C15H26N2O2/c1-5-15(16-2)12-6-8-13(9-7-12)17(3)10-14(18)11-19-4/h6-9,14-16,18H,5,10-11H2,1-4H3. The molecule has 0 radical (unpaired) electrons. The first-order chi connectivity index (χ1) is 9.12. The van der Waals surface area contributed by atoms with Gasteiger partial charge in [-0.25, -0.2) is 0 Å². The smallest absolute Gasteiger partial charge is 0.0947 e. The average Bonchev–Trinajstić information content (AvgIpc) is 2.41. The van der Waals surface area contributed by atoms with Crippen LogP contribution in [0.15, 0.2) is 24.3 Å². The Morgan fingerprint density at radius 3 is 2.42 bits per heavy atom. The lowest BCUT2D eigenvalue weighted by molar-refractivity contribution is 0.0695. The van der Waals surface area contributed by atoms with Gasteiger partial charge in [-0.15, -0.1) is 0 Å². The predicted molar refractivity (Wildman–Crippen MR) is 79.7 cm³/mol. The molecule has 0 saturated carbocycles. The molecule has 0 aromatic heterocycles. The minimum absolute atomic E-state index is 0.361. The first kappa shape index (κ1) is 16.0. The first-order valence-corrected chi connectivity index (χ1v) is 6.77. The van der Waals surface area contributed by atoms with E-state index in [-0.39, 0.29) is 0 Å². The lowest BCUT2D eigenvalue weighted by atomic mass is 10.0. The molecule has 0 spiro atoms. The van der Waals surface area contributed by atoms with Crippen molar-refractivity contribution in [2.75, 3.05) is 39.3 Å². The number of nitrogens with zero attached hydrogens (tertiary/aromatic N) is 1. The number of rotatable bonds is 8. The number of benzene rings is 1. The molecule has 4 nitrogen and oxygen atoms in total. The molecular weight excluding hydrogens is 240 g/mol. The van der Waals surface area contributed by atoms with Gasteiger partial charge >= 0.3 is 0 Å². The molecule has 0 heterocycles. The summed E-state index contributed by atoms with van der Waals surface area (Å²) in [6.07, 6.45) is 0.605. The summed E-state index contributed by atoms with van der Waals surface area (Å²) in [7, 11) is 5.55. The third kappa shape index (κ3) is 4.82. The maximum atomic E-state index is 9.72. The number of likely N-dealkylation sites (N-methyl/N-ethyl adjacent to an activating group) is 1.